The first kappa shape index (κ1) is 17.4. The number of hydrogen-bond donors (Lipinski definition) is 1. The van der Waals surface area contributed by atoms with E-state index in [2.05, 4.69) is 36.4 Å². The fourth-order valence-electron chi connectivity index (χ4n) is 2.31. The number of nitrogens with zero attached hydrogens (tertiary/aromatic N) is 5. The molecule has 2 heterocycles. The first-order chi connectivity index (χ1) is 12.0. The van der Waals surface area contributed by atoms with Crippen molar-refractivity contribution in [3.8, 4) is 5.69 Å². The second-order valence-corrected chi connectivity index (χ2v) is 6.51. The Labute approximate surface area is 157 Å². The number of halogens is 2. The van der Waals surface area contributed by atoms with E-state index < -0.39 is 0 Å². The van der Waals surface area contributed by atoms with Gasteiger partial charge in [-0.15, -0.1) is 0 Å². The van der Waals surface area contributed by atoms with Gasteiger partial charge in [0.15, 0.2) is 0 Å². The molecule has 0 unspecified atom stereocenters. The van der Waals surface area contributed by atoms with Gasteiger partial charge in [0.05, 0.1) is 17.1 Å². The zero-order valence-electron chi connectivity index (χ0n) is 13.4. The Bertz CT molecular complexity index is 948. The van der Waals surface area contributed by atoms with Crippen LogP contribution in [0.3, 0.4) is 0 Å². The molecule has 0 saturated carbocycles. The van der Waals surface area contributed by atoms with Crippen LogP contribution in [-0.2, 0) is 11.8 Å². The molecule has 0 radical (unpaired) electrons. The van der Waals surface area contributed by atoms with Gasteiger partial charge < -0.3 is 5.32 Å². The Morgan fingerprint density at radius 2 is 2.20 bits per heavy atom. The number of hydrogen-bond acceptors (Lipinski definition) is 4. The van der Waals surface area contributed by atoms with Crippen LogP contribution in [0.5, 0.6) is 0 Å². The summed E-state index contributed by atoms with van der Waals surface area (Å²) in [6, 6.07) is 5.49. The lowest BCUT2D eigenvalue weighted by Gasteiger charge is -2.10. The van der Waals surface area contributed by atoms with Gasteiger partial charge in [0, 0.05) is 23.2 Å². The van der Waals surface area contributed by atoms with Gasteiger partial charge in [-0.1, -0.05) is 27.5 Å². The van der Waals surface area contributed by atoms with Crippen molar-refractivity contribution < 1.29 is 4.79 Å². The molecule has 0 atom stereocenters. The Hall–Kier alpha value is -2.45. The van der Waals surface area contributed by atoms with Gasteiger partial charge in [0.25, 0.3) is 0 Å². The number of rotatable bonds is 4. The molecule has 0 bridgehead atoms. The molecule has 128 valence electrons. The molecule has 2 aromatic heterocycles. The highest BCUT2D eigenvalue weighted by Crippen LogP contribution is 2.25. The third-order valence-electron chi connectivity index (χ3n) is 3.48. The summed E-state index contributed by atoms with van der Waals surface area (Å²) in [5.41, 5.74) is 2.77. The van der Waals surface area contributed by atoms with Gasteiger partial charge in [-0.05, 0) is 31.2 Å². The SMILES string of the molecule is Cc1nn(C)c(Cl)c1/C=C/C(=O)Nc1cc(Br)ccc1-n1cncn1. The third kappa shape index (κ3) is 3.80. The number of anilines is 1. The number of aromatic nitrogens is 5. The van der Waals surface area contributed by atoms with E-state index in [0.29, 0.717) is 22.1 Å². The largest absolute Gasteiger partial charge is 0.321 e. The lowest BCUT2D eigenvalue weighted by Crippen LogP contribution is -2.11. The zero-order chi connectivity index (χ0) is 18.0. The van der Waals surface area contributed by atoms with Crippen molar-refractivity contribution in [2.75, 3.05) is 5.32 Å². The lowest BCUT2D eigenvalue weighted by molar-refractivity contribution is -0.111. The highest BCUT2D eigenvalue weighted by molar-refractivity contribution is 9.10. The normalized spacial score (nSPS) is 11.2. The molecule has 0 saturated heterocycles. The van der Waals surface area contributed by atoms with Gasteiger partial charge in [-0.25, -0.2) is 9.67 Å². The average Bonchev–Trinajstić information content (AvgIpc) is 3.16. The number of aryl methyl sites for hydroxylation is 2. The quantitative estimate of drug-likeness (QED) is 0.655. The van der Waals surface area contributed by atoms with Crippen LogP contribution in [0.15, 0.2) is 41.4 Å². The lowest BCUT2D eigenvalue weighted by atomic mass is 10.2. The summed E-state index contributed by atoms with van der Waals surface area (Å²) < 4.78 is 3.97. The van der Waals surface area contributed by atoms with Crippen molar-refractivity contribution in [3.63, 3.8) is 0 Å². The first-order valence-electron chi connectivity index (χ1n) is 7.28. The van der Waals surface area contributed by atoms with E-state index >= 15 is 0 Å². The fraction of sp³-hybridized carbons (Fsp3) is 0.125. The van der Waals surface area contributed by atoms with E-state index in [1.165, 1.54) is 12.4 Å². The van der Waals surface area contributed by atoms with E-state index in [1.54, 1.807) is 34.9 Å². The maximum Gasteiger partial charge on any atom is 0.248 e. The molecular formula is C16H14BrClN6O. The van der Waals surface area contributed by atoms with Gasteiger partial charge in [-0.2, -0.15) is 10.2 Å². The van der Waals surface area contributed by atoms with E-state index in [9.17, 15) is 4.79 Å². The molecule has 0 aliphatic rings. The van der Waals surface area contributed by atoms with Crippen LogP contribution in [0, 0.1) is 6.92 Å². The highest BCUT2D eigenvalue weighted by atomic mass is 79.9. The third-order valence-corrected chi connectivity index (χ3v) is 4.42. The standard InChI is InChI=1S/C16H14BrClN6O/c1-10-12(16(18)23(2)22-10)4-6-15(25)21-13-7-11(17)3-5-14(13)24-9-19-8-20-24/h3-9H,1-2H3,(H,21,25)/b6-4+. The van der Waals surface area contributed by atoms with Crippen molar-refractivity contribution in [3.05, 3.63) is 57.8 Å². The monoisotopic (exact) mass is 420 g/mol. The minimum atomic E-state index is -0.293. The van der Waals surface area contributed by atoms with Gasteiger partial charge in [-0.3, -0.25) is 9.48 Å². The molecule has 3 aromatic rings. The number of benzene rings is 1. The molecule has 3 rings (SSSR count). The van der Waals surface area contributed by atoms with Crippen molar-refractivity contribution in [2.24, 2.45) is 7.05 Å². The molecule has 1 N–H and O–H groups in total. The summed E-state index contributed by atoms with van der Waals surface area (Å²) in [6.45, 7) is 1.83. The molecule has 0 aliphatic carbocycles. The van der Waals surface area contributed by atoms with Crippen LogP contribution in [0.25, 0.3) is 11.8 Å². The summed E-state index contributed by atoms with van der Waals surface area (Å²) in [6.07, 6.45) is 6.06. The van der Waals surface area contributed by atoms with Crippen LogP contribution in [0.1, 0.15) is 11.3 Å². The van der Waals surface area contributed by atoms with Crippen molar-refractivity contribution in [1.82, 2.24) is 24.5 Å². The number of amides is 1. The number of carbonyl (C=O) groups excluding carboxylic acids is 1. The minimum absolute atomic E-state index is 0.293. The summed E-state index contributed by atoms with van der Waals surface area (Å²) >= 11 is 9.57. The molecule has 0 spiro atoms. The summed E-state index contributed by atoms with van der Waals surface area (Å²) in [5, 5.41) is 11.6. The smallest absolute Gasteiger partial charge is 0.248 e. The molecule has 1 aromatic carbocycles. The number of carbonyl (C=O) groups is 1. The average molecular weight is 422 g/mol. The van der Waals surface area contributed by atoms with Gasteiger partial charge in [0.2, 0.25) is 5.91 Å². The van der Waals surface area contributed by atoms with Crippen molar-refractivity contribution in [1.29, 1.82) is 0 Å². The summed E-state index contributed by atoms with van der Waals surface area (Å²) in [5.74, 6) is -0.293. The Balaban J connectivity index is 1.84. The zero-order valence-corrected chi connectivity index (χ0v) is 15.8. The van der Waals surface area contributed by atoms with Crippen LogP contribution in [-0.4, -0.2) is 30.5 Å². The van der Waals surface area contributed by atoms with Gasteiger partial charge in [0.1, 0.15) is 17.8 Å². The van der Waals surface area contributed by atoms with E-state index in [0.717, 1.165) is 10.2 Å². The highest BCUT2D eigenvalue weighted by Gasteiger charge is 2.11. The van der Waals surface area contributed by atoms with Crippen LogP contribution < -0.4 is 5.32 Å². The molecule has 0 fully saturated rings. The topological polar surface area (TPSA) is 77.6 Å². The predicted octanol–water partition coefficient (Wildman–Crippen LogP) is 3.38. The Morgan fingerprint density at radius 1 is 1.40 bits per heavy atom. The predicted molar refractivity (Wildman–Crippen MR) is 99.7 cm³/mol. The first-order valence-corrected chi connectivity index (χ1v) is 8.45. The van der Waals surface area contributed by atoms with E-state index in [4.69, 9.17) is 11.6 Å². The van der Waals surface area contributed by atoms with Gasteiger partial charge >= 0.3 is 0 Å². The van der Waals surface area contributed by atoms with Crippen molar-refractivity contribution in [2.45, 2.75) is 6.92 Å². The van der Waals surface area contributed by atoms with Crippen LogP contribution in [0.2, 0.25) is 5.15 Å². The van der Waals surface area contributed by atoms with E-state index in [1.807, 2.05) is 19.1 Å². The second-order valence-electron chi connectivity index (χ2n) is 5.24. The Kier molecular flexibility index (Phi) is 5.00. The van der Waals surface area contributed by atoms with Crippen LogP contribution >= 0.6 is 27.5 Å². The molecule has 7 nitrogen and oxygen atoms in total. The Morgan fingerprint density at radius 3 is 2.84 bits per heavy atom. The van der Waals surface area contributed by atoms with Crippen LogP contribution in [0.4, 0.5) is 5.69 Å². The van der Waals surface area contributed by atoms with E-state index in [-0.39, 0.29) is 5.91 Å². The maximum absolute atomic E-state index is 12.3. The number of nitrogens with one attached hydrogen (secondary N) is 1. The maximum atomic E-state index is 12.3. The molecule has 25 heavy (non-hydrogen) atoms. The fourth-order valence-corrected chi connectivity index (χ4v) is 2.91. The van der Waals surface area contributed by atoms with Crippen molar-refractivity contribution >= 4 is 45.2 Å². The minimum Gasteiger partial charge on any atom is -0.321 e. The molecule has 9 heteroatoms. The second kappa shape index (κ2) is 7.20. The molecule has 0 aliphatic heterocycles. The summed E-state index contributed by atoms with van der Waals surface area (Å²) in [4.78, 5) is 16.2. The molecular weight excluding hydrogens is 408 g/mol. The molecule has 1 amide bonds. The summed E-state index contributed by atoms with van der Waals surface area (Å²) in [7, 11) is 1.75.